The summed E-state index contributed by atoms with van der Waals surface area (Å²) < 4.78 is 5.13. The highest BCUT2D eigenvalue weighted by molar-refractivity contribution is 7.80. The molecule has 3 amide bonds. The van der Waals surface area contributed by atoms with Gasteiger partial charge in [0.05, 0.1) is 7.11 Å². The third-order valence-electron chi connectivity index (χ3n) is 4.50. The molecule has 0 saturated carbocycles. The van der Waals surface area contributed by atoms with Gasteiger partial charge in [-0.05, 0) is 61.5 Å². The highest BCUT2D eigenvalue weighted by Gasteiger charge is 2.49. The summed E-state index contributed by atoms with van der Waals surface area (Å²) in [6.45, 7) is 3.52. The highest BCUT2D eigenvalue weighted by atomic mass is 35.5. The lowest BCUT2D eigenvalue weighted by Gasteiger charge is -2.23. The number of rotatable bonds is 4. The lowest BCUT2D eigenvalue weighted by molar-refractivity contribution is -0.132. The fourth-order valence-electron chi connectivity index (χ4n) is 2.79. The van der Waals surface area contributed by atoms with Crippen LogP contribution in [0.25, 0.3) is 0 Å². The first-order valence-corrected chi connectivity index (χ1v) is 9.18. The van der Waals surface area contributed by atoms with Crippen LogP contribution in [-0.4, -0.2) is 29.2 Å². The van der Waals surface area contributed by atoms with Crippen molar-refractivity contribution in [3.05, 3.63) is 58.6 Å². The number of aryl methyl sites for hydroxylation is 1. The minimum absolute atomic E-state index is 0.0856. The molecule has 1 fully saturated rings. The van der Waals surface area contributed by atoms with Crippen molar-refractivity contribution >= 4 is 46.6 Å². The number of imide groups is 1. The van der Waals surface area contributed by atoms with Crippen molar-refractivity contribution < 1.29 is 14.3 Å². The Morgan fingerprint density at radius 2 is 1.89 bits per heavy atom. The van der Waals surface area contributed by atoms with Gasteiger partial charge in [-0.3, -0.25) is 10.2 Å². The van der Waals surface area contributed by atoms with E-state index >= 15 is 0 Å². The van der Waals surface area contributed by atoms with Crippen LogP contribution in [0.3, 0.4) is 0 Å². The normalized spacial score (nSPS) is 18.6. The fraction of sp³-hybridized carbons (Fsp3) is 0.211. The number of nitrogens with zero attached hydrogens (tertiary/aromatic N) is 1. The van der Waals surface area contributed by atoms with Crippen molar-refractivity contribution in [2.75, 3.05) is 12.4 Å². The molecule has 3 rings (SSSR count). The molecule has 2 aromatic rings. The molecule has 146 valence electrons. The zero-order chi connectivity index (χ0) is 20.5. The zero-order valence-electron chi connectivity index (χ0n) is 15.5. The summed E-state index contributed by atoms with van der Waals surface area (Å²) in [4.78, 5) is 25.3. The second kappa shape index (κ2) is 7.65. The van der Waals surface area contributed by atoms with Gasteiger partial charge in [0.1, 0.15) is 11.3 Å². The molecule has 9 heteroatoms. The van der Waals surface area contributed by atoms with Crippen molar-refractivity contribution in [2.24, 2.45) is 0 Å². The van der Waals surface area contributed by atoms with E-state index in [4.69, 9.17) is 28.6 Å². The van der Waals surface area contributed by atoms with Crippen LogP contribution >= 0.6 is 23.8 Å². The summed E-state index contributed by atoms with van der Waals surface area (Å²) in [6, 6.07) is 11.6. The average Bonchev–Trinajstić information content (AvgIpc) is 2.89. The fourth-order valence-corrected chi connectivity index (χ4v) is 3.18. The molecule has 1 heterocycles. The van der Waals surface area contributed by atoms with E-state index in [1.807, 2.05) is 13.0 Å². The number of urea groups is 1. The van der Waals surface area contributed by atoms with Crippen molar-refractivity contribution in [2.45, 2.75) is 19.4 Å². The van der Waals surface area contributed by atoms with Gasteiger partial charge in [-0.25, -0.2) is 4.79 Å². The number of benzene rings is 2. The Bertz CT molecular complexity index is 951. The number of methoxy groups -OCH3 is 1. The molecule has 1 aliphatic rings. The summed E-state index contributed by atoms with van der Waals surface area (Å²) >= 11 is 11.3. The van der Waals surface area contributed by atoms with Gasteiger partial charge in [0, 0.05) is 10.7 Å². The van der Waals surface area contributed by atoms with Gasteiger partial charge < -0.3 is 15.4 Å². The van der Waals surface area contributed by atoms with Gasteiger partial charge in [-0.2, -0.15) is 5.01 Å². The Morgan fingerprint density at radius 1 is 1.21 bits per heavy atom. The van der Waals surface area contributed by atoms with Crippen LogP contribution in [0.2, 0.25) is 5.02 Å². The molecule has 1 atom stereocenters. The minimum atomic E-state index is -1.22. The molecule has 1 aliphatic heterocycles. The van der Waals surface area contributed by atoms with Crippen molar-refractivity contribution in [3.8, 4) is 5.75 Å². The van der Waals surface area contributed by atoms with E-state index in [0.717, 1.165) is 10.6 Å². The molecule has 0 aliphatic carbocycles. The van der Waals surface area contributed by atoms with Gasteiger partial charge in [-0.1, -0.05) is 29.8 Å². The first-order chi connectivity index (χ1) is 13.2. The third kappa shape index (κ3) is 3.74. The van der Waals surface area contributed by atoms with Gasteiger partial charge >= 0.3 is 6.03 Å². The van der Waals surface area contributed by atoms with Gasteiger partial charge in [0.2, 0.25) is 0 Å². The Kier molecular flexibility index (Phi) is 5.44. The maximum Gasteiger partial charge on any atom is 0.344 e. The van der Waals surface area contributed by atoms with E-state index in [2.05, 4.69) is 16.1 Å². The average molecular weight is 419 g/mol. The van der Waals surface area contributed by atoms with Crippen LogP contribution in [0.5, 0.6) is 5.75 Å². The van der Waals surface area contributed by atoms with E-state index in [9.17, 15) is 9.59 Å². The molecule has 0 bridgehead atoms. The molecule has 1 saturated heterocycles. The molecule has 7 nitrogen and oxygen atoms in total. The second-order valence-electron chi connectivity index (χ2n) is 6.45. The molecule has 0 spiro atoms. The molecule has 2 aromatic carbocycles. The summed E-state index contributed by atoms with van der Waals surface area (Å²) in [5.74, 6) is 0.176. The number of thiocarbonyl (C=S) groups is 1. The lowest BCUT2D eigenvalue weighted by atomic mass is 9.92. The molecule has 0 unspecified atom stereocenters. The Morgan fingerprint density at radius 3 is 2.50 bits per heavy atom. The van der Waals surface area contributed by atoms with Crippen molar-refractivity contribution in [1.82, 2.24) is 15.8 Å². The monoisotopic (exact) mass is 418 g/mol. The number of nitrogens with one attached hydrogen (secondary N) is 3. The SMILES string of the molecule is COc1ccc([C@]2(C)NC(=O)N(NC(=S)Nc3ccc(C)c(Cl)c3)C2=O)cc1. The molecule has 28 heavy (non-hydrogen) atoms. The summed E-state index contributed by atoms with van der Waals surface area (Å²) in [5, 5.41) is 7.12. The number of hydrazine groups is 1. The summed E-state index contributed by atoms with van der Waals surface area (Å²) in [6.07, 6.45) is 0. The Balaban J connectivity index is 1.73. The smallest absolute Gasteiger partial charge is 0.344 e. The number of anilines is 1. The summed E-state index contributed by atoms with van der Waals surface area (Å²) in [5.41, 5.74) is 3.60. The van der Waals surface area contributed by atoms with Gasteiger partial charge in [0.15, 0.2) is 5.11 Å². The van der Waals surface area contributed by atoms with Crippen LogP contribution in [0.4, 0.5) is 10.5 Å². The standard InChI is InChI=1S/C19H19ClN4O3S/c1-11-4-7-13(10-15(11)20)21-17(28)23-24-16(25)19(2,22-18(24)26)12-5-8-14(27-3)9-6-12/h4-10H,1-3H3,(H,22,26)(H2,21,23,28)/t19-/m0/s1. The second-order valence-corrected chi connectivity index (χ2v) is 7.27. The van der Waals surface area contributed by atoms with Crippen LogP contribution < -0.4 is 20.8 Å². The van der Waals surface area contributed by atoms with Crippen LogP contribution in [0, 0.1) is 6.92 Å². The van der Waals surface area contributed by atoms with E-state index in [1.165, 1.54) is 0 Å². The van der Waals surface area contributed by atoms with Gasteiger partial charge in [0.25, 0.3) is 5.91 Å². The highest BCUT2D eigenvalue weighted by Crippen LogP contribution is 2.29. The molecule has 0 aromatic heterocycles. The van der Waals surface area contributed by atoms with E-state index in [1.54, 1.807) is 50.4 Å². The van der Waals surface area contributed by atoms with Crippen LogP contribution in [-0.2, 0) is 10.3 Å². The number of carbonyl (C=O) groups excluding carboxylic acids is 2. The predicted molar refractivity (Wildman–Crippen MR) is 111 cm³/mol. The third-order valence-corrected chi connectivity index (χ3v) is 5.10. The largest absolute Gasteiger partial charge is 0.497 e. The predicted octanol–water partition coefficient (Wildman–Crippen LogP) is 3.33. The zero-order valence-corrected chi connectivity index (χ0v) is 17.1. The molecule has 3 N–H and O–H groups in total. The van der Waals surface area contributed by atoms with Gasteiger partial charge in [-0.15, -0.1) is 0 Å². The topological polar surface area (TPSA) is 82.7 Å². The van der Waals surface area contributed by atoms with E-state index in [0.29, 0.717) is 22.0 Å². The van der Waals surface area contributed by atoms with E-state index in [-0.39, 0.29) is 5.11 Å². The minimum Gasteiger partial charge on any atom is -0.497 e. The maximum absolute atomic E-state index is 12.9. The van der Waals surface area contributed by atoms with E-state index < -0.39 is 17.5 Å². The van der Waals surface area contributed by atoms with Crippen LogP contribution in [0.1, 0.15) is 18.1 Å². The molecule has 0 radical (unpaired) electrons. The quantitative estimate of drug-likeness (QED) is 0.522. The number of halogens is 1. The number of amides is 3. The molecular formula is C19H19ClN4O3S. The number of ether oxygens (including phenoxy) is 1. The number of hydrogen-bond donors (Lipinski definition) is 3. The van der Waals surface area contributed by atoms with Crippen molar-refractivity contribution in [3.63, 3.8) is 0 Å². The van der Waals surface area contributed by atoms with Crippen LogP contribution in [0.15, 0.2) is 42.5 Å². The molecular weight excluding hydrogens is 400 g/mol. The first kappa shape index (κ1) is 19.9. The lowest BCUT2D eigenvalue weighted by Crippen LogP contribution is -2.49. The number of hydrogen-bond acceptors (Lipinski definition) is 4. The Hall–Kier alpha value is -2.84. The maximum atomic E-state index is 12.9. The first-order valence-electron chi connectivity index (χ1n) is 8.39. The number of carbonyl (C=O) groups is 2. The van der Waals surface area contributed by atoms with Crippen molar-refractivity contribution in [1.29, 1.82) is 0 Å². The Labute approximate surface area is 173 Å². The summed E-state index contributed by atoms with van der Waals surface area (Å²) in [7, 11) is 1.56.